The van der Waals surface area contributed by atoms with Crippen molar-refractivity contribution in [1.82, 2.24) is 15.1 Å². The quantitative estimate of drug-likeness (QED) is 0.730. The number of carbonyl (C=O) groups excluding carboxylic acids is 1. The van der Waals surface area contributed by atoms with Crippen LogP contribution < -0.4 is 10.2 Å². The summed E-state index contributed by atoms with van der Waals surface area (Å²) in [7, 11) is 0. The number of rotatable bonds is 6. The first-order valence-corrected chi connectivity index (χ1v) is 9.48. The number of hydrogen-bond donors (Lipinski definition) is 1. The van der Waals surface area contributed by atoms with Gasteiger partial charge >= 0.3 is 0 Å². The zero-order chi connectivity index (χ0) is 18.5. The minimum absolute atomic E-state index is 0.0658. The molecule has 1 aliphatic heterocycles. The fourth-order valence-corrected chi connectivity index (χ4v) is 3.56. The van der Waals surface area contributed by atoms with Crippen molar-refractivity contribution in [2.24, 2.45) is 0 Å². The monoisotopic (exact) mass is 360 g/mol. The number of hydrogen-bond acceptors (Lipinski definition) is 3. The van der Waals surface area contributed by atoms with Gasteiger partial charge in [0.05, 0.1) is 12.6 Å². The maximum atomic E-state index is 12.8. The molecule has 2 heterocycles. The van der Waals surface area contributed by atoms with Gasteiger partial charge in [0, 0.05) is 36.7 Å². The lowest BCUT2D eigenvalue weighted by Gasteiger charge is -2.20. The van der Waals surface area contributed by atoms with Crippen LogP contribution in [0.25, 0.3) is 0 Å². The van der Waals surface area contributed by atoms with Crippen LogP contribution >= 0.6 is 0 Å². The van der Waals surface area contributed by atoms with Gasteiger partial charge < -0.3 is 10.2 Å². The highest BCUT2D eigenvalue weighted by atomic mass is 16.1. The number of aromatic nitrogens is 2. The molecule has 0 aliphatic carbocycles. The minimum Gasteiger partial charge on any atom is -0.372 e. The van der Waals surface area contributed by atoms with Crippen LogP contribution in [0.15, 0.2) is 73.1 Å². The fourth-order valence-electron chi connectivity index (χ4n) is 3.56. The molecular weight excluding hydrogens is 336 g/mol. The highest BCUT2D eigenvalue weighted by molar-refractivity contribution is 5.94. The van der Waals surface area contributed by atoms with Crippen molar-refractivity contribution >= 4 is 11.6 Å². The van der Waals surface area contributed by atoms with E-state index in [4.69, 9.17) is 0 Å². The number of anilines is 1. The van der Waals surface area contributed by atoms with Gasteiger partial charge in [0.2, 0.25) is 0 Å². The summed E-state index contributed by atoms with van der Waals surface area (Å²) in [4.78, 5) is 15.2. The molecule has 1 aromatic heterocycles. The molecule has 0 radical (unpaired) electrons. The van der Waals surface area contributed by atoms with Crippen molar-refractivity contribution in [2.75, 3.05) is 18.0 Å². The van der Waals surface area contributed by atoms with Crippen molar-refractivity contribution in [3.63, 3.8) is 0 Å². The molecule has 0 spiro atoms. The Morgan fingerprint density at radius 3 is 2.41 bits per heavy atom. The third kappa shape index (κ3) is 4.19. The lowest BCUT2D eigenvalue weighted by atomic mass is 10.1. The molecule has 1 saturated heterocycles. The van der Waals surface area contributed by atoms with E-state index in [1.54, 1.807) is 6.20 Å². The minimum atomic E-state index is -0.142. The second-order valence-electron chi connectivity index (χ2n) is 6.91. The summed E-state index contributed by atoms with van der Waals surface area (Å²) in [5.74, 6) is -0.0658. The predicted octanol–water partition coefficient (Wildman–Crippen LogP) is 3.65. The molecular formula is C22H24N4O. The second-order valence-corrected chi connectivity index (χ2v) is 6.91. The van der Waals surface area contributed by atoms with Crippen LogP contribution in [0.2, 0.25) is 0 Å². The molecule has 5 nitrogen and oxygen atoms in total. The normalized spacial score (nSPS) is 14.9. The predicted molar refractivity (Wildman–Crippen MR) is 107 cm³/mol. The lowest BCUT2D eigenvalue weighted by molar-refractivity contribution is 0.0932. The van der Waals surface area contributed by atoms with E-state index in [2.05, 4.69) is 15.3 Å². The lowest BCUT2D eigenvalue weighted by Crippen LogP contribution is -2.31. The molecule has 0 bridgehead atoms. The number of nitrogens with zero attached hydrogens (tertiary/aromatic N) is 3. The fraction of sp³-hybridized carbons (Fsp3) is 0.273. The molecule has 138 valence electrons. The average Bonchev–Trinajstić information content (AvgIpc) is 3.42. The van der Waals surface area contributed by atoms with Crippen molar-refractivity contribution < 1.29 is 4.79 Å². The molecule has 1 fully saturated rings. The zero-order valence-electron chi connectivity index (χ0n) is 15.3. The van der Waals surface area contributed by atoms with Gasteiger partial charge in [-0.1, -0.05) is 30.3 Å². The van der Waals surface area contributed by atoms with Crippen LogP contribution in [0.5, 0.6) is 0 Å². The highest BCUT2D eigenvalue weighted by Gasteiger charge is 2.17. The summed E-state index contributed by atoms with van der Waals surface area (Å²) in [5, 5.41) is 7.44. The first kappa shape index (κ1) is 17.3. The number of benzene rings is 2. The molecule has 1 atom stereocenters. The molecule has 1 unspecified atom stereocenters. The second kappa shape index (κ2) is 8.08. The number of carbonyl (C=O) groups is 1. The molecule has 2 aromatic carbocycles. The molecule has 4 rings (SSSR count). The number of amides is 1. The van der Waals surface area contributed by atoms with Crippen LogP contribution in [0.4, 0.5) is 5.69 Å². The van der Waals surface area contributed by atoms with E-state index in [1.165, 1.54) is 18.5 Å². The summed E-state index contributed by atoms with van der Waals surface area (Å²) >= 11 is 0. The highest BCUT2D eigenvalue weighted by Crippen LogP contribution is 2.21. The van der Waals surface area contributed by atoms with Crippen molar-refractivity contribution in [2.45, 2.75) is 25.4 Å². The third-order valence-electron chi connectivity index (χ3n) is 5.04. The summed E-state index contributed by atoms with van der Waals surface area (Å²) in [5.41, 5.74) is 2.94. The van der Waals surface area contributed by atoms with Crippen LogP contribution in [0.3, 0.4) is 0 Å². The van der Waals surface area contributed by atoms with Gasteiger partial charge in [-0.05, 0) is 48.7 Å². The summed E-state index contributed by atoms with van der Waals surface area (Å²) in [6.07, 6.45) is 6.15. The largest absolute Gasteiger partial charge is 0.372 e. The van der Waals surface area contributed by atoms with Crippen molar-refractivity contribution in [3.8, 4) is 0 Å². The van der Waals surface area contributed by atoms with Gasteiger partial charge in [0.1, 0.15) is 0 Å². The molecule has 1 amide bonds. The van der Waals surface area contributed by atoms with Crippen LogP contribution in [0.1, 0.15) is 34.8 Å². The average molecular weight is 360 g/mol. The summed E-state index contributed by atoms with van der Waals surface area (Å²) in [6.45, 7) is 2.80. The molecule has 5 heteroatoms. The Labute approximate surface area is 159 Å². The Kier molecular flexibility index (Phi) is 5.19. The van der Waals surface area contributed by atoms with E-state index in [9.17, 15) is 4.79 Å². The molecule has 0 saturated carbocycles. The number of nitrogens with one attached hydrogen (secondary N) is 1. The van der Waals surface area contributed by atoms with E-state index < -0.39 is 0 Å². The van der Waals surface area contributed by atoms with Gasteiger partial charge in [-0.3, -0.25) is 9.48 Å². The molecule has 3 aromatic rings. The van der Waals surface area contributed by atoms with Gasteiger partial charge in [0.15, 0.2) is 0 Å². The third-order valence-corrected chi connectivity index (χ3v) is 5.04. The summed E-state index contributed by atoms with van der Waals surface area (Å²) < 4.78 is 1.84. The Bertz CT molecular complexity index is 853. The Hall–Kier alpha value is -3.08. The van der Waals surface area contributed by atoms with Crippen LogP contribution in [-0.4, -0.2) is 28.8 Å². The van der Waals surface area contributed by atoms with Gasteiger partial charge in [-0.15, -0.1) is 0 Å². The molecule has 27 heavy (non-hydrogen) atoms. The molecule has 1 aliphatic rings. The van der Waals surface area contributed by atoms with Crippen molar-refractivity contribution in [1.29, 1.82) is 0 Å². The van der Waals surface area contributed by atoms with E-state index >= 15 is 0 Å². The van der Waals surface area contributed by atoms with Gasteiger partial charge in [-0.2, -0.15) is 5.10 Å². The van der Waals surface area contributed by atoms with Crippen LogP contribution in [-0.2, 0) is 6.54 Å². The van der Waals surface area contributed by atoms with E-state index in [-0.39, 0.29) is 11.9 Å². The summed E-state index contributed by atoms with van der Waals surface area (Å²) in [6, 6.07) is 19.7. The Morgan fingerprint density at radius 2 is 1.74 bits per heavy atom. The standard InChI is InChI=1S/C22H24N4O/c27-22(19-9-11-20(12-10-19)25-14-4-5-15-25)24-21(17-26-16-6-13-23-26)18-7-2-1-3-8-18/h1-3,6-13,16,21H,4-5,14-15,17H2,(H,24,27). The van der Waals surface area contributed by atoms with E-state index in [1.807, 2.05) is 71.5 Å². The molecule has 1 N–H and O–H groups in total. The topological polar surface area (TPSA) is 50.2 Å². The van der Waals surface area contributed by atoms with Crippen molar-refractivity contribution in [3.05, 3.63) is 84.2 Å². The Morgan fingerprint density at radius 1 is 1.00 bits per heavy atom. The maximum absolute atomic E-state index is 12.8. The first-order chi connectivity index (χ1) is 13.3. The van der Waals surface area contributed by atoms with Gasteiger partial charge in [0.25, 0.3) is 5.91 Å². The zero-order valence-corrected chi connectivity index (χ0v) is 15.3. The van der Waals surface area contributed by atoms with E-state index in [0.717, 1.165) is 18.7 Å². The van der Waals surface area contributed by atoms with Crippen LogP contribution in [0, 0.1) is 0 Å². The smallest absolute Gasteiger partial charge is 0.251 e. The first-order valence-electron chi connectivity index (χ1n) is 9.48. The van der Waals surface area contributed by atoms with E-state index in [0.29, 0.717) is 12.1 Å². The SMILES string of the molecule is O=C(NC(Cn1cccn1)c1ccccc1)c1ccc(N2CCCC2)cc1. The Balaban J connectivity index is 1.49. The van der Waals surface area contributed by atoms with Gasteiger partial charge in [-0.25, -0.2) is 0 Å². The maximum Gasteiger partial charge on any atom is 0.251 e.